The van der Waals surface area contributed by atoms with Crippen LogP contribution in [0.25, 0.3) is 0 Å². The highest BCUT2D eigenvalue weighted by atomic mass is 79.9. The molecule has 1 aliphatic heterocycles. The van der Waals surface area contributed by atoms with Crippen LogP contribution in [0.4, 0.5) is 5.69 Å². The van der Waals surface area contributed by atoms with Crippen LogP contribution in [0, 0.1) is 5.92 Å². The van der Waals surface area contributed by atoms with E-state index in [1.54, 1.807) is 30.3 Å². The molecule has 1 aromatic heterocycles. The van der Waals surface area contributed by atoms with E-state index < -0.39 is 15.9 Å². The standard InChI is InChI=1S/C20H25BrN2O5S2/c1-3-27-15-7-8-17(28-4-2)16(12-15)22-20(24)14-6-5-11-23(13-14)30(25,26)19-10-9-18(21)29-19/h7-10,12,14H,3-6,11,13H2,1-2H3,(H,22,24)/t14-/m0/s1. The van der Waals surface area contributed by atoms with Gasteiger partial charge in [0.2, 0.25) is 5.91 Å². The molecule has 164 valence electrons. The molecule has 0 radical (unpaired) electrons. The Kier molecular flexibility index (Phi) is 7.78. The van der Waals surface area contributed by atoms with Gasteiger partial charge in [0.25, 0.3) is 10.0 Å². The Morgan fingerprint density at radius 1 is 1.23 bits per heavy atom. The first kappa shape index (κ1) is 23.1. The number of carbonyl (C=O) groups excluding carboxylic acids is 1. The second kappa shape index (κ2) is 10.1. The number of piperidine rings is 1. The Hall–Kier alpha value is -1.62. The van der Waals surface area contributed by atoms with Gasteiger partial charge in [0, 0.05) is 19.2 Å². The molecular weight excluding hydrogens is 492 g/mol. The fraction of sp³-hybridized carbons (Fsp3) is 0.450. The first-order valence-electron chi connectivity index (χ1n) is 9.81. The third-order valence-corrected chi connectivity index (χ3v) is 8.67. The third kappa shape index (κ3) is 5.35. The van der Waals surface area contributed by atoms with Crippen LogP contribution >= 0.6 is 27.3 Å². The molecule has 10 heteroatoms. The summed E-state index contributed by atoms with van der Waals surface area (Å²) in [5.41, 5.74) is 0.523. The van der Waals surface area contributed by atoms with E-state index in [2.05, 4.69) is 21.2 Å². The van der Waals surface area contributed by atoms with Crippen LogP contribution in [0.2, 0.25) is 0 Å². The van der Waals surface area contributed by atoms with E-state index in [0.717, 1.165) is 3.79 Å². The van der Waals surface area contributed by atoms with Crippen molar-refractivity contribution in [3.63, 3.8) is 0 Å². The Morgan fingerprint density at radius 2 is 2.00 bits per heavy atom. The Balaban J connectivity index is 1.75. The highest BCUT2D eigenvalue weighted by Crippen LogP contribution is 2.33. The minimum atomic E-state index is -3.61. The summed E-state index contributed by atoms with van der Waals surface area (Å²) in [6.45, 7) is 5.29. The average molecular weight is 517 g/mol. The number of thiophene rings is 1. The molecule has 7 nitrogen and oxygen atoms in total. The number of nitrogens with one attached hydrogen (secondary N) is 1. The molecule has 1 amide bonds. The maximum absolute atomic E-state index is 13.0. The summed E-state index contributed by atoms with van der Waals surface area (Å²) in [7, 11) is -3.61. The van der Waals surface area contributed by atoms with E-state index >= 15 is 0 Å². The largest absolute Gasteiger partial charge is 0.494 e. The molecule has 1 aliphatic rings. The van der Waals surface area contributed by atoms with E-state index in [0.29, 0.717) is 49.8 Å². The summed E-state index contributed by atoms with van der Waals surface area (Å²) in [4.78, 5) is 13.0. The van der Waals surface area contributed by atoms with Crippen molar-refractivity contribution in [2.75, 3.05) is 31.6 Å². The number of amides is 1. The number of anilines is 1. The number of rotatable bonds is 8. The molecule has 1 atom stereocenters. The van der Waals surface area contributed by atoms with E-state index in [1.807, 2.05) is 13.8 Å². The number of nitrogens with zero attached hydrogens (tertiary/aromatic N) is 1. The molecule has 2 heterocycles. The van der Waals surface area contributed by atoms with Gasteiger partial charge in [-0.1, -0.05) is 0 Å². The van der Waals surface area contributed by atoms with Gasteiger partial charge in [0.15, 0.2) is 0 Å². The van der Waals surface area contributed by atoms with Crippen molar-refractivity contribution in [3.8, 4) is 11.5 Å². The van der Waals surface area contributed by atoms with Crippen molar-refractivity contribution in [3.05, 3.63) is 34.1 Å². The number of ether oxygens (including phenoxy) is 2. The van der Waals surface area contributed by atoms with E-state index in [4.69, 9.17) is 9.47 Å². The molecule has 1 saturated heterocycles. The van der Waals surface area contributed by atoms with Gasteiger partial charge in [-0.2, -0.15) is 4.31 Å². The van der Waals surface area contributed by atoms with Crippen molar-refractivity contribution in [1.29, 1.82) is 0 Å². The number of benzene rings is 1. The lowest BCUT2D eigenvalue weighted by molar-refractivity contribution is -0.120. The second-order valence-electron chi connectivity index (χ2n) is 6.77. The SMILES string of the molecule is CCOc1ccc(OCC)c(NC(=O)[C@H]2CCCN(S(=O)(=O)c3ccc(Br)s3)C2)c1. The molecule has 0 bridgehead atoms. The Morgan fingerprint density at radius 3 is 2.67 bits per heavy atom. The molecule has 0 saturated carbocycles. The summed E-state index contributed by atoms with van der Waals surface area (Å²) < 4.78 is 39.4. The van der Waals surface area contributed by atoms with Crippen LogP contribution in [-0.4, -0.2) is 44.9 Å². The van der Waals surface area contributed by atoms with E-state index in [-0.39, 0.29) is 16.7 Å². The van der Waals surface area contributed by atoms with Crippen molar-refractivity contribution < 1.29 is 22.7 Å². The van der Waals surface area contributed by atoms with Crippen molar-refractivity contribution in [2.45, 2.75) is 30.9 Å². The third-order valence-electron chi connectivity index (χ3n) is 4.72. The maximum Gasteiger partial charge on any atom is 0.252 e. The highest BCUT2D eigenvalue weighted by Gasteiger charge is 2.34. The van der Waals surface area contributed by atoms with E-state index in [9.17, 15) is 13.2 Å². The fourth-order valence-corrected chi connectivity index (χ4v) is 7.01. The average Bonchev–Trinajstić information content (AvgIpc) is 3.17. The van der Waals surface area contributed by atoms with Crippen LogP contribution < -0.4 is 14.8 Å². The zero-order chi connectivity index (χ0) is 21.7. The zero-order valence-corrected chi connectivity index (χ0v) is 20.1. The van der Waals surface area contributed by atoms with Gasteiger partial charge < -0.3 is 14.8 Å². The minimum absolute atomic E-state index is 0.152. The topological polar surface area (TPSA) is 84.9 Å². The summed E-state index contributed by atoms with van der Waals surface area (Å²) in [6, 6.07) is 8.58. The maximum atomic E-state index is 13.0. The Labute approximate surface area is 189 Å². The summed E-state index contributed by atoms with van der Waals surface area (Å²) in [6.07, 6.45) is 1.25. The first-order valence-corrected chi connectivity index (χ1v) is 12.9. The molecule has 0 aliphatic carbocycles. The highest BCUT2D eigenvalue weighted by molar-refractivity contribution is 9.11. The summed E-state index contributed by atoms with van der Waals surface area (Å²) in [5, 5.41) is 2.91. The van der Waals surface area contributed by atoms with Gasteiger partial charge in [-0.3, -0.25) is 4.79 Å². The Bertz CT molecular complexity index is 993. The predicted molar refractivity (Wildman–Crippen MR) is 121 cm³/mol. The summed E-state index contributed by atoms with van der Waals surface area (Å²) >= 11 is 4.48. The molecule has 3 rings (SSSR count). The lowest BCUT2D eigenvalue weighted by Gasteiger charge is -2.31. The number of sulfonamides is 1. The zero-order valence-electron chi connectivity index (χ0n) is 16.9. The lowest BCUT2D eigenvalue weighted by atomic mass is 9.98. The molecule has 1 N–H and O–H groups in total. The van der Waals surface area contributed by atoms with Crippen LogP contribution in [-0.2, 0) is 14.8 Å². The molecule has 1 aromatic carbocycles. The van der Waals surface area contributed by atoms with Gasteiger partial charge in [-0.25, -0.2) is 8.42 Å². The smallest absolute Gasteiger partial charge is 0.252 e. The first-order chi connectivity index (χ1) is 14.3. The van der Waals surface area contributed by atoms with Crippen LogP contribution in [0.5, 0.6) is 11.5 Å². The van der Waals surface area contributed by atoms with Gasteiger partial charge >= 0.3 is 0 Å². The van der Waals surface area contributed by atoms with Gasteiger partial charge in [0.05, 0.1) is 28.6 Å². The van der Waals surface area contributed by atoms with Gasteiger partial charge in [-0.15, -0.1) is 11.3 Å². The van der Waals surface area contributed by atoms with Crippen LogP contribution in [0.15, 0.2) is 38.3 Å². The molecule has 2 aromatic rings. The summed E-state index contributed by atoms with van der Waals surface area (Å²) in [5.74, 6) is 0.518. The van der Waals surface area contributed by atoms with Crippen LogP contribution in [0.1, 0.15) is 26.7 Å². The van der Waals surface area contributed by atoms with Gasteiger partial charge in [0.1, 0.15) is 15.7 Å². The lowest BCUT2D eigenvalue weighted by Crippen LogP contribution is -2.43. The van der Waals surface area contributed by atoms with Crippen LogP contribution in [0.3, 0.4) is 0 Å². The predicted octanol–water partition coefficient (Wildman–Crippen LogP) is 4.35. The fourth-order valence-electron chi connectivity index (χ4n) is 3.32. The van der Waals surface area contributed by atoms with Crippen molar-refractivity contribution in [1.82, 2.24) is 4.31 Å². The monoisotopic (exact) mass is 516 g/mol. The molecule has 1 fully saturated rings. The quantitative estimate of drug-likeness (QED) is 0.563. The normalized spacial score (nSPS) is 17.5. The number of hydrogen-bond donors (Lipinski definition) is 1. The molecule has 0 unspecified atom stereocenters. The van der Waals surface area contributed by atoms with E-state index in [1.165, 1.54) is 15.6 Å². The van der Waals surface area contributed by atoms with Crippen molar-refractivity contribution in [2.24, 2.45) is 5.92 Å². The number of halogens is 1. The second-order valence-corrected chi connectivity index (χ2v) is 11.4. The molecule has 30 heavy (non-hydrogen) atoms. The molecular formula is C20H25BrN2O5S2. The number of hydrogen-bond acceptors (Lipinski definition) is 6. The minimum Gasteiger partial charge on any atom is -0.494 e. The van der Waals surface area contributed by atoms with Crippen molar-refractivity contribution >= 4 is 48.9 Å². The number of carbonyl (C=O) groups is 1. The van der Waals surface area contributed by atoms with Gasteiger partial charge in [-0.05, 0) is 66.9 Å². The molecule has 0 spiro atoms.